The van der Waals surface area contributed by atoms with Gasteiger partial charge in [-0.1, -0.05) is 0 Å². The molecule has 2 aromatic carbocycles. The number of hydrogen-bond donors (Lipinski definition) is 2. The fourth-order valence-corrected chi connectivity index (χ4v) is 3.26. The molecule has 0 aliphatic carbocycles. The monoisotopic (exact) mass is 460 g/mol. The highest BCUT2D eigenvalue weighted by Gasteiger charge is 2.10. The zero-order chi connectivity index (χ0) is 24.1. The maximum Gasteiger partial charge on any atom is 0.323 e. The number of amides is 2. The molecule has 2 heterocycles. The number of imidazole rings is 1. The second-order valence-corrected chi connectivity index (χ2v) is 7.23. The fourth-order valence-electron chi connectivity index (χ4n) is 3.26. The Labute approximate surface area is 196 Å². The summed E-state index contributed by atoms with van der Waals surface area (Å²) in [7, 11) is 3.09. The van der Waals surface area contributed by atoms with Crippen molar-refractivity contribution in [1.29, 1.82) is 0 Å². The highest BCUT2D eigenvalue weighted by molar-refractivity contribution is 5.99. The van der Waals surface area contributed by atoms with Gasteiger partial charge in [0, 0.05) is 35.9 Å². The second-order valence-electron chi connectivity index (χ2n) is 7.23. The molecule has 0 saturated heterocycles. The van der Waals surface area contributed by atoms with Crippen LogP contribution in [0.5, 0.6) is 23.1 Å². The third-order valence-corrected chi connectivity index (χ3v) is 4.85. The fraction of sp³-hybridized carbons (Fsp3) is 0.167. The van der Waals surface area contributed by atoms with E-state index < -0.39 is 6.03 Å². The second kappa shape index (κ2) is 9.90. The summed E-state index contributed by atoms with van der Waals surface area (Å²) < 4.78 is 18.2. The van der Waals surface area contributed by atoms with Crippen LogP contribution >= 0.6 is 0 Å². The van der Waals surface area contributed by atoms with Crippen molar-refractivity contribution in [2.24, 2.45) is 0 Å². The molecule has 0 radical (unpaired) electrons. The van der Waals surface area contributed by atoms with Crippen LogP contribution in [-0.2, 0) is 0 Å². The van der Waals surface area contributed by atoms with Crippen molar-refractivity contribution in [3.05, 3.63) is 72.6 Å². The van der Waals surface area contributed by atoms with Crippen LogP contribution in [0.25, 0.3) is 5.82 Å². The van der Waals surface area contributed by atoms with Crippen molar-refractivity contribution < 1.29 is 19.0 Å². The van der Waals surface area contributed by atoms with Gasteiger partial charge in [-0.3, -0.25) is 4.57 Å². The van der Waals surface area contributed by atoms with Gasteiger partial charge in [0.15, 0.2) is 11.5 Å². The Balaban J connectivity index is 1.40. The number of urea groups is 1. The summed E-state index contributed by atoms with van der Waals surface area (Å²) in [6.07, 6.45) is 3.54. The quantitative estimate of drug-likeness (QED) is 0.410. The number of nitrogens with one attached hydrogen (secondary N) is 2. The van der Waals surface area contributed by atoms with Crippen molar-refractivity contribution in [2.45, 2.75) is 13.8 Å². The first-order valence-corrected chi connectivity index (χ1v) is 10.4. The Kier molecular flexibility index (Phi) is 6.58. The van der Waals surface area contributed by atoms with E-state index in [4.69, 9.17) is 14.2 Å². The highest BCUT2D eigenvalue weighted by atomic mass is 16.5. The van der Waals surface area contributed by atoms with Crippen LogP contribution in [0.15, 0.2) is 60.9 Å². The molecule has 0 saturated carbocycles. The Bertz CT molecular complexity index is 1300. The maximum atomic E-state index is 12.4. The van der Waals surface area contributed by atoms with Gasteiger partial charge in [-0.05, 0) is 50.2 Å². The van der Waals surface area contributed by atoms with E-state index in [0.717, 1.165) is 5.82 Å². The number of rotatable bonds is 7. The third-order valence-electron chi connectivity index (χ3n) is 4.85. The Morgan fingerprint density at radius 3 is 2.26 bits per heavy atom. The Morgan fingerprint density at radius 1 is 0.882 bits per heavy atom. The Hall–Kier alpha value is -4.60. The summed E-state index contributed by atoms with van der Waals surface area (Å²) in [5.41, 5.74) is 1.16. The summed E-state index contributed by atoms with van der Waals surface area (Å²) in [4.78, 5) is 25.4. The number of nitrogens with zero attached hydrogens (tertiary/aromatic N) is 4. The maximum absolute atomic E-state index is 12.4. The highest BCUT2D eigenvalue weighted by Crippen LogP contribution is 2.30. The van der Waals surface area contributed by atoms with Gasteiger partial charge in [-0.25, -0.2) is 14.8 Å². The summed E-state index contributed by atoms with van der Waals surface area (Å²) >= 11 is 0. The van der Waals surface area contributed by atoms with Crippen LogP contribution in [0, 0.1) is 13.8 Å². The molecule has 10 heteroatoms. The van der Waals surface area contributed by atoms with Gasteiger partial charge >= 0.3 is 6.03 Å². The number of aryl methyl sites for hydroxylation is 2. The Morgan fingerprint density at radius 2 is 1.59 bits per heavy atom. The van der Waals surface area contributed by atoms with Crippen molar-refractivity contribution in [2.75, 3.05) is 24.9 Å². The number of carbonyl (C=O) groups is 1. The number of methoxy groups -OCH3 is 2. The molecule has 0 aliphatic heterocycles. The minimum Gasteiger partial charge on any atom is -0.493 e. The molecular formula is C24H24N6O4. The van der Waals surface area contributed by atoms with Crippen LogP contribution in [-0.4, -0.2) is 39.8 Å². The van der Waals surface area contributed by atoms with Crippen LogP contribution in [0.1, 0.15) is 11.6 Å². The number of benzene rings is 2. The van der Waals surface area contributed by atoms with Gasteiger partial charge in [0.2, 0.25) is 5.88 Å². The first-order chi connectivity index (χ1) is 16.4. The summed E-state index contributed by atoms with van der Waals surface area (Å²) in [6, 6.07) is 13.4. The lowest BCUT2D eigenvalue weighted by Crippen LogP contribution is -2.19. The minimum absolute atomic E-state index is 0.396. The molecule has 34 heavy (non-hydrogen) atoms. The lowest BCUT2D eigenvalue weighted by molar-refractivity contribution is 0.262. The number of hydrogen-bond acceptors (Lipinski definition) is 7. The van der Waals surface area contributed by atoms with Crippen LogP contribution in [0.2, 0.25) is 0 Å². The SMILES string of the molecule is COc1ccc(NC(=O)Nc2ccc(Oc3cc(-n4ccnc4C)nc(C)n3)cc2)cc1OC. The molecule has 174 valence electrons. The van der Waals surface area contributed by atoms with Crippen molar-refractivity contribution in [1.82, 2.24) is 19.5 Å². The average Bonchev–Trinajstić information content (AvgIpc) is 3.25. The molecule has 0 fully saturated rings. The van der Waals surface area contributed by atoms with Crippen molar-refractivity contribution in [3.63, 3.8) is 0 Å². The minimum atomic E-state index is -0.396. The molecule has 4 rings (SSSR count). The third kappa shape index (κ3) is 5.23. The first-order valence-electron chi connectivity index (χ1n) is 10.4. The molecule has 0 atom stereocenters. The lowest BCUT2D eigenvalue weighted by Gasteiger charge is -2.12. The van der Waals surface area contributed by atoms with Crippen molar-refractivity contribution in [3.8, 4) is 28.9 Å². The van der Waals surface area contributed by atoms with Gasteiger partial charge in [-0.2, -0.15) is 4.98 Å². The molecule has 0 unspecified atom stereocenters. The van der Waals surface area contributed by atoms with E-state index in [1.54, 1.807) is 68.8 Å². The van der Waals surface area contributed by atoms with E-state index in [2.05, 4.69) is 25.6 Å². The summed E-state index contributed by atoms with van der Waals surface area (Å²) in [5.74, 6) is 4.13. The number of anilines is 2. The topological polar surface area (TPSA) is 112 Å². The van der Waals surface area contributed by atoms with Crippen molar-refractivity contribution >= 4 is 17.4 Å². The zero-order valence-electron chi connectivity index (χ0n) is 19.2. The molecule has 0 spiro atoms. The standard InChI is InChI=1S/C24H24N6O4/c1-15-26-22(30-12-11-25-16(30)2)14-23(27-15)34-19-8-5-17(6-9-19)28-24(31)29-18-7-10-20(32-3)21(13-18)33-4/h5-14H,1-4H3,(H2,28,29,31). The van der Waals surface area contributed by atoms with E-state index in [1.165, 1.54) is 7.11 Å². The smallest absolute Gasteiger partial charge is 0.323 e. The van der Waals surface area contributed by atoms with Gasteiger partial charge in [0.05, 0.1) is 14.2 Å². The molecule has 2 N–H and O–H groups in total. The van der Waals surface area contributed by atoms with Crippen LogP contribution in [0.4, 0.5) is 16.2 Å². The van der Waals surface area contributed by atoms with Gasteiger partial charge in [-0.15, -0.1) is 0 Å². The van der Waals surface area contributed by atoms with E-state index in [0.29, 0.717) is 46.1 Å². The van der Waals surface area contributed by atoms with Gasteiger partial charge in [0.1, 0.15) is 23.2 Å². The molecule has 0 bridgehead atoms. The molecule has 2 aromatic heterocycles. The number of carbonyl (C=O) groups excluding carboxylic acids is 1. The van der Waals surface area contributed by atoms with Gasteiger partial charge < -0.3 is 24.8 Å². The van der Waals surface area contributed by atoms with E-state index in [9.17, 15) is 4.79 Å². The van der Waals surface area contributed by atoms with Crippen LogP contribution in [0.3, 0.4) is 0 Å². The molecule has 10 nitrogen and oxygen atoms in total. The van der Waals surface area contributed by atoms with E-state index in [-0.39, 0.29) is 0 Å². The van der Waals surface area contributed by atoms with Gasteiger partial charge in [0.25, 0.3) is 0 Å². The summed E-state index contributed by atoms with van der Waals surface area (Å²) in [6.45, 7) is 3.69. The molecular weight excluding hydrogens is 436 g/mol. The largest absolute Gasteiger partial charge is 0.493 e. The molecule has 0 aliphatic rings. The first kappa shape index (κ1) is 22.6. The predicted octanol–water partition coefficient (Wildman–Crippen LogP) is 4.73. The molecule has 2 amide bonds. The number of aromatic nitrogens is 4. The lowest BCUT2D eigenvalue weighted by atomic mass is 10.2. The van der Waals surface area contributed by atoms with Crippen LogP contribution < -0.4 is 24.8 Å². The molecule has 4 aromatic rings. The van der Waals surface area contributed by atoms with E-state index >= 15 is 0 Å². The van der Waals surface area contributed by atoms with E-state index in [1.807, 2.05) is 17.7 Å². The number of ether oxygens (including phenoxy) is 3. The predicted molar refractivity (Wildman–Crippen MR) is 127 cm³/mol. The summed E-state index contributed by atoms with van der Waals surface area (Å²) in [5, 5.41) is 5.54. The zero-order valence-corrected chi connectivity index (χ0v) is 19.2. The average molecular weight is 460 g/mol. The normalized spacial score (nSPS) is 10.5.